The van der Waals surface area contributed by atoms with E-state index in [1.807, 2.05) is 4.68 Å². The van der Waals surface area contributed by atoms with E-state index in [4.69, 9.17) is 5.73 Å². The quantitative estimate of drug-likeness (QED) is 0.786. The Bertz CT molecular complexity index is 432. The molecule has 5 heteroatoms. The first-order valence-electron chi connectivity index (χ1n) is 6.42. The van der Waals surface area contributed by atoms with Gasteiger partial charge in [-0.05, 0) is 43.9 Å². The van der Waals surface area contributed by atoms with Crippen molar-refractivity contribution in [2.24, 2.45) is 17.6 Å². The Morgan fingerprint density at radius 1 is 1.29 bits per heavy atom. The second-order valence-corrected chi connectivity index (χ2v) is 5.40. The molecule has 92 valence electrons. The van der Waals surface area contributed by atoms with E-state index in [1.54, 1.807) is 0 Å². The van der Waals surface area contributed by atoms with Gasteiger partial charge in [0, 0.05) is 6.54 Å². The first kappa shape index (κ1) is 10.7. The van der Waals surface area contributed by atoms with E-state index in [1.165, 1.54) is 25.7 Å². The highest BCUT2D eigenvalue weighted by atomic mass is 16.1. The third-order valence-corrected chi connectivity index (χ3v) is 3.57. The standard InChI is InChI=1S/C12H18N4O/c13-12(17)6-10-11(5-8-1-2-8)16(15-14-10)7-9-3-4-9/h8-9H,1-7H2,(H2,13,17). The molecule has 2 aliphatic rings. The van der Waals surface area contributed by atoms with Gasteiger partial charge in [0.2, 0.25) is 5.91 Å². The number of rotatable bonds is 6. The van der Waals surface area contributed by atoms with Gasteiger partial charge in [-0.15, -0.1) is 5.10 Å². The van der Waals surface area contributed by atoms with Crippen molar-refractivity contribution in [2.45, 2.75) is 45.1 Å². The molecule has 1 aromatic rings. The van der Waals surface area contributed by atoms with Crippen molar-refractivity contribution in [1.29, 1.82) is 0 Å². The lowest BCUT2D eigenvalue weighted by Crippen LogP contribution is -2.16. The smallest absolute Gasteiger partial charge is 0.223 e. The van der Waals surface area contributed by atoms with E-state index < -0.39 is 0 Å². The highest BCUT2D eigenvalue weighted by Crippen LogP contribution is 2.35. The van der Waals surface area contributed by atoms with E-state index in [2.05, 4.69) is 10.3 Å². The summed E-state index contributed by atoms with van der Waals surface area (Å²) in [6, 6.07) is 0. The Morgan fingerprint density at radius 3 is 2.59 bits per heavy atom. The van der Waals surface area contributed by atoms with Gasteiger partial charge in [0.05, 0.1) is 17.8 Å². The SMILES string of the molecule is NC(=O)Cc1nnn(CC2CC2)c1CC1CC1. The first-order chi connectivity index (χ1) is 8.22. The predicted molar refractivity (Wildman–Crippen MR) is 62.1 cm³/mol. The van der Waals surface area contributed by atoms with E-state index in [9.17, 15) is 4.79 Å². The molecule has 5 nitrogen and oxygen atoms in total. The Morgan fingerprint density at radius 2 is 2.00 bits per heavy atom. The molecule has 0 unspecified atom stereocenters. The topological polar surface area (TPSA) is 73.8 Å². The van der Waals surface area contributed by atoms with Crippen LogP contribution in [0.25, 0.3) is 0 Å². The molecule has 2 saturated carbocycles. The average molecular weight is 234 g/mol. The van der Waals surface area contributed by atoms with E-state index >= 15 is 0 Å². The number of hydrogen-bond donors (Lipinski definition) is 1. The Labute approximate surface area is 100 Å². The van der Waals surface area contributed by atoms with Crippen LogP contribution < -0.4 is 5.73 Å². The number of carbonyl (C=O) groups is 1. The van der Waals surface area contributed by atoms with Gasteiger partial charge in [0.25, 0.3) is 0 Å². The summed E-state index contributed by atoms with van der Waals surface area (Å²) in [5.41, 5.74) is 7.19. The highest BCUT2D eigenvalue weighted by Gasteiger charge is 2.29. The van der Waals surface area contributed by atoms with Crippen LogP contribution in [0, 0.1) is 11.8 Å². The molecule has 0 saturated heterocycles. The molecule has 1 amide bonds. The fourth-order valence-electron chi connectivity index (χ4n) is 2.18. The molecule has 0 atom stereocenters. The number of hydrogen-bond acceptors (Lipinski definition) is 3. The van der Waals surface area contributed by atoms with Crippen LogP contribution in [0.3, 0.4) is 0 Å². The zero-order valence-corrected chi connectivity index (χ0v) is 9.93. The molecule has 0 bridgehead atoms. The molecule has 0 radical (unpaired) electrons. The van der Waals surface area contributed by atoms with Gasteiger partial charge in [-0.25, -0.2) is 4.68 Å². The van der Waals surface area contributed by atoms with Crippen LogP contribution in [0.1, 0.15) is 37.1 Å². The van der Waals surface area contributed by atoms with Crippen molar-refractivity contribution < 1.29 is 4.79 Å². The number of primary amides is 1. The number of carbonyl (C=O) groups excluding carboxylic acids is 1. The van der Waals surface area contributed by atoms with Crippen LogP contribution in [0.15, 0.2) is 0 Å². The molecule has 3 rings (SSSR count). The van der Waals surface area contributed by atoms with Crippen LogP contribution in [0.2, 0.25) is 0 Å². The van der Waals surface area contributed by atoms with Gasteiger partial charge < -0.3 is 5.73 Å². The largest absolute Gasteiger partial charge is 0.369 e. The second kappa shape index (κ2) is 4.13. The molecule has 2 fully saturated rings. The molecule has 2 N–H and O–H groups in total. The number of nitrogens with two attached hydrogens (primary N) is 1. The lowest BCUT2D eigenvalue weighted by atomic mass is 10.1. The number of aromatic nitrogens is 3. The minimum atomic E-state index is -0.319. The normalized spacial score (nSPS) is 19.5. The lowest BCUT2D eigenvalue weighted by Gasteiger charge is -2.06. The summed E-state index contributed by atoms with van der Waals surface area (Å²) in [5.74, 6) is 1.23. The maximum Gasteiger partial charge on any atom is 0.223 e. The molecule has 0 aromatic carbocycles. The maximum absolute atomic E-state index is 11.0. The van der Waals surface area contributed by atoms with Crippen molar-refractivity contribution in [3.05, 3.63) is 11.4 Å². The fourth-order valence-corrected chi connectivity index (χ4v) is 2.18. The lowest BCUT2D eigenvalue weighted by molar-refractivity contribution is -0.117. The summed E-state index contributed by atoms with van der Waals surface area (Å²) < 4.78 is 2.01. The molecule has 0 spiro atoms. The maximum atomic E-state index is 11.0. The zero-order chi connectivity index (χ0) is 11.8. The zero-order valence-electron chi connectivity index (χ0n) is 9.93. The van der Waals surface area contributed by atoms with Gasteiger partial charge in [-0.1, -0.05) is 5.21 Å². The summed E-state index contributed by atoms with van der Waals surface area (Å²) in [6.07, 6.45) is 6.44. The molecule has 1 heterocycles. The van der Waals surface area contributed by atoms with Gasteiger partial charge in [0.15, 0.2) is 0 Å². The van der Waals surface area contributed by atoms with Crippen LogP contribution in [-0.4, -0.2) is 20.9 Å². The Hall–Kier alpha value is -1.39. The summed E-state index contributed by atoms with van der Waals surface area (Å²) in [5, 5.41) is 8.32. The van der Waals surface area contributed by atoms with Crippen LogP contribution in [-0.2, 0) is 24.2 Å². The molecule has 2 aliphatic carbocycles. The molecular weight excluding hydrogens is 216 g/mol. The van der Waals surface area contributed by atoms with Crippen LogP contribution in [0.4, 0.5) is 0 Å². The van der Waals surface area contributed by atoms with Crippen LogP contribution in [0.5, 0.6) is 0 Å². The average Bonchev–Trinajstić information content (AvgIpc) is 3.13. The van der Waals surface area contributed by atoms with E-state index in [-0.39, 0.29) is 12.3 Å². The minimum Gasteiger partial charge on any atom is -0.369 e. The van der Waals surface area contributed by atoms with Gasteiger partial charge in [-0.2, -0.15) is 0 Å². The predicted octanol–water partition coefficient (Wildman–Crippen LogP) is 0.668. The van der Waals surface area contributed by atoms with Crippen molar-refractivity contribution in [3.63, 3.8) is 0 Å². The van der Waals surface area contributed by atoms with Gasteiger partial charge in [0.1, 0.15) is 0 Å². The minimum absolute atomic E-state index is 0.229. The summed E-state index contributed by atoms with van der Waals surface area (Å²) in [6.45, 7) is 0.966. The fraction of sp³-hybridized carbons (Fsp3) is 0.750. The Kier molecular flexibility index (Phi) is 2.61. The summed E-state index contributed by atoms with van der Waals surface area (Å²) in [7, 11) is 0. The molecule has 0 aliphatic heterocycles. The van der Waals surface area contributed by atoms with Crippen LogP contribution >= 0.6 is 0 Å². The van der Waals surface area contributed by atoms with Crippen molar-refractivity contribution in [1.82, 2.24) is 15.0 Å². The van der Waals surface area contributed by atoms with Crippen molar-refractivity contribution >= 4 is 5.91 Å². The number of nitrogens with zero attached hydrogens (tertiary/aromatic N) is 3. The second-order valence-electron chi connectivity index (χ2n) is 5.40. The molecular formula is C12H18N4O. The Balaban J connectivity index is 1.79. The third kappa shape index (κ3) is 2.65. The third-order valence-electron chi connectivity index (χ3n) is 3.57. The van der Waals surface area contributed by atoms with E-state index in [0.29, 0.717) is 0 Å². The molecule has 17 heavy (non-hydrogen) atoms. The first-order valence-corrected chi connectivity index (χ1v) is 6.42. The van der Waals surface area contributed by atoms with Gasteiger partial charge >= 0.3 is 0 Å². The highest BCUT2D eigenvalue weighted by molar-refractivity contribution is 5.76. The molecule has 1 aromatic heterocycles. The number of amides is 1. The van der Waals surface area contributed by atoms with E-state index in [0.717, 1.165) is 36.2 Å². The van der Waals surface area contributed by atoms with Crippen molar-refractivity contribution in [2.75, 3.05) is 0 Å². The van der Waals surface area contributed by atoms with Gasteiger partial charge in [-0.3, -0.25) is 4.79 Å². The summed E-state index contributed by atoms with van der Waals surface area (Å²) >= 11 is 0. The monoisotopic (exact) mass is 234 g/mol. The van der Waals surface area contributed by atoms with Crippen molar-refractivity contribution in [3.8, 4) is 0 Å². The summed E-state index contributed by atoms with van der Waals surface area (Å²) in [4.78, 5) is 11.0.